The number of carbonyl (C=O) groups excluding carboxylic acids is 1. The number of ether oxygens (including phenoxy) is 1. The Hall–Kier alpha value is -2.75. The number of amides is 1. The fourth-order valence-corrected chi connectivity index (χ4v) is 3.34. The molecular formula is C24H29NO3. The number of hydrogen-bond donors (Lipinski definition) is 1. The Morgan fingerprint density at radius 1 is 0.893 bits per heavy atom. The van der Waals surface area contributed by atoms with Crippen LogP contribution in [0.3, 0.4) is 0 Å². The van der Waals surface area contributed by atoms with Crippen molar-refractivity contribution >= 4 is 16.9 Å². The molecule has 0 saturated heterocycles. The normalized spacial score (nSPS) is 11.0. The average molecular weight is 380 g/mol. The van der Waals surface area contributed by atoms with E-state index in [1.807, 2.05) is 30.3 Å². The third-order valence-corrected chi connectivity index (χ3v) is 4.96. The number of primary amides is 1. The van der Waals surface area contributed by atoms with Gasteiger partial charge in [0, 0.05) is 5.39 Å². The molecule has 4 nitrogen and oxygen atoms in total. The highest BCUT2D eigenvalue weighted by Crippen LogP contribution is 2.28. The van der Waals surface area contributed by atoms with E-state index in [-0.39, 0.29) is 5.76 Å². The van der Waals surface area contributed by atoms with Crippen LogP contribution in [0.25, 0.3) is 22.1 Å². The lowest BCUT2D eigenvalue weighted by Gasteiger charge is -2.08. The fraction of sp³-hybridized carbons (Fsp3) is 0.375. The van der Waals surface area contributed by atoms with Gasteiger partial charge in [-0.1, -0.05) is 63.6 Å². The summed E-state index contributed by atoms with van der Waals surface area (Å²) in [4.78, 5) is 11.3. The van der Waals surface area contributed by atoms with Crippen molar-refractivity contribution in [3.63, 3.8) is 0 Å². The molecule has 148 valence electrons. The van der Waals surface area contributed by atoms with E-state index in [9.17, 15) is 4.79 Å². The van der Waals surface area contributed by atoms with E-state index in [1.54, 1.807) is 6.07 Å². The Kier molecular flexibility index (Phi) is 7.12. The van der Waals surface area contributed by atoms with Crippen LogP contribution < -0.4 is 10.5 Å². The van der Waals surface area contributed by atoms with Crippen molar-refractivity contribution in [2.24, 2.45) is 5.73 Å². The minimum atomic E-state index is -0.555. The van der Waals surface area contributed by atoms with Crippen LogP contribution in [0.1, 0.15) is 62.4 Å². The Labute approximate surface area is 166 Å². The van der Waals surface area contributed by atoms with Gasteiger partial charge in [-0.15, -0.1) is 0 Å². The van der Waals surface area contributed by atoms with Crippen molar-refractivity contribution in [2.75, 3.05) is 6.61 Å². The quantitative estimate of drug-likeness (QED) is 0.396. The molecular weight excluding hydrogens is 350 g/mol. The molecule has 3 aromatic rings. The SMILES string of the molecule is CCCCCCCCCOc1ccc(-c2ccc3oc(C(N)=O)cc3c2)cc1. The topological polar surface area (TPSA) is 65.5 Å². The molecule has 0 bridgehead atoms. The van der Waals surface area contributed by atoms with Gasteiger partial charge in [0.15, 0.2) is 5.76 Å². The van der Waals surface area contributed by atoms with Crippen LogP contribution in [0.4, 0.5) is 0 Å². The number of benzene rings is 2. The summed E-state index contributed by atoms with van der Waals surface area (Å²) in [5.41, 5.74) is 8.09. The van der Waals surface area contributed by atoms with Crippen LogP contribution in [0.15, 0.2) is 52.9 Å². The highest BCUT2D eigenvalue weighted by Gasteiger charge is 2.09. The molecule has 0 spiro atoms. The molecule has 2 N–H and O–H groups in total. The fourth-order valence-electron chi connectivity index (χ4n) is 3.34. The summed E-state index contributed by atoms with van der Waals surface area (Å²) in [6.45, 7) is 3.01. The van der Waals surface area contributed by atoms with Crippen molar-refractivity contribution in [2.45, 2.75) is 51.9 Å². The van der Waals surface area contributed by atoms with Crippen LogP contribution in [0.2, 0.25) is 0 Å². The van der Waals surface area contributed by atoms with E-state index in [2.05, 4.69) is 19.1 Å². The van der Waals surface area contributed by atoms with E-state index >= 15 is 0 Å². The van der Waals surface area contributed by atoms with Gasteiger partial charge in [-0.3, -0.25) is 4.79 Å². The van der Waals surface area contributed by atoms with Crippen LogP contribution in [0.5, 0.6) is 5.75 Å². The van der Waals surface area contributed by atoms with Crippen LogP contribution >= 0.6 is 0 Å². The minimum Gasteiger partial charge on any atom is -0.494 e. The van der Waals surface area contributed by atoms with E-state index in [4.69, 9.17) is 14.9 Å². The molecule has 0 aliphatic carbocycles. The van der Waals surface area contributed by atoms with Crippen molar-refractivity contribution < 1.29 is 13.9 Å². The Morgan fingerprint density at radius 2 is 1.57 bits per heavy atom. The van der Waals surface area contributed by atoms with E-state index in [0.29, 0.717) is 5.58 Å². The second-order valence-electron chi connectivity index (χ2n) is 7.22. The van der Waals surface area contributed by atoms with Gasteiger partial charge in [-0.25, -0.2) is 0 Å². The first-order chi connectivity index (χ1) is 13.7. The van der Waals surface area contributed by atoms with E-state index < -0.39 is 5.91 Å². The lowest BCUT2D eigenvalue weighted by molar-refractivity contribution is 0.0976. The Balaban J connectivity index is 1.51. The number of fused-ring (bicyclic) bond motifs is 1. The van der Waals surface area contributed by atoms with Gasteiger partial charge in [0.25, 0.3) is 5.91 Å². The maximum Gasteiger partial charge on any atom is 0.284 e. The summed E-state index contributed by atoms with van der Waals surface area (Å²) < 4.78 is 11.3. The van der Waals surface area contributed by atoms with Gasteiger partial charge in [-0.2, -0.15) is 0 Å². The molecule has 0 radical (unpaired) electrons. The Morgan fingerprint density at radius 3 is 2.29 bits per heavy atom. The van der Waals surface area contributed by atoms with E-state index in [1.165, 1.54) is 38.5 Å². The lowest BCUT2D eigenvalue weighted by atomic mass is 10.0. The molecule has 1 heterocycles. The molecule has 0 unspecified atom stereocenters. The maximum atomic E-state index is 11.3. The second-order valence-corrected chi connectivity index (χ2v) is 7.22. The van der Waals surface area contributed by atoms with Crippen molar-refractivity contribution in [3.8, 4) is 16.9 Å². The van der Waals surface area contributed by atoms with Crippen molar-refractivity contribution in [1.82, 2.24) is 0 Å². The molecule has 0 atom stereocenters. The summed E-state index contributed by atoms with van der Waals surface area (Å²) in [6.07, 6.45) is 8.98. The highest BCUT2D eigenvalue weighted by molar-refractivity contribution is 5.96. The van der Waals surface area contributed by atoms with Crippen LogP contribution in [-0.4, -0.2) is 12.5 Å². The van der Waals surface area contributed by atoms with Gasteiger partial charge in [0.05, 0.1) is 6.61 Å². The zero-order valence-corrected chi connectivity index (χ0v) is 16.6. The minimum absolute atomic E-state index is 0.182. The Bertz CT molecular complexity index is 896. The largest absolute Gasteiger partial charge is 0.494 e. The maximum absolute atomic E-state index is 11.3. The molecule has 0 aliphatic heterocycles. The number of hydrogen-bond acceptors (Lipinski definition) is 3. The number of nitrogens with two attached hydrogens (primary N) is 1. The number of carbonyl (C=O) groups is 1. The molecule has 3 rings (SSSR count). The predicted octanol–water partition coefficient (Wildman–Crippen LogP) is 6.33. The molecule has 1 aromatic heterocycles. The molecule has 0 saturated carbocycles. The van der Waals surface area contributed by atoms with Crippen molar-refractivity contribution in [3.05, 3.63) is 54.3 Å². The third kappa shape index (κ3) is 5.38. The second kappa shape index (κ2) is 9.98. The number of rotatable bonds is 11. The molecule has 0 fully saturated rings. The first-order valence-electron chi connectivity index (χ1n) is 10.2. The first-order valence-corrected chi connectivity index (χ1v) is 10.2. The van der Waals surface area contributed by atoms with Gasteiger partial charge >= 0.3 is 0 Å². The average Bonchev–Trinajstić information content (AvgIpc) is 3.14. The highest BCUT2D eigenvalue weighted by atomic mass is 16.5. The zero-order chi connectivity index (χ0) is 19.8. The summed E-state index contributed by atoms with van der Waals surface area (Å²) in [7, 11) is 0. The van der Waals surface area contributed by atoms with Crippen LogP contribution in [0, 0.1) is 0 Å². The summed E-state index contributed by atoms with van der Waals surface area (Å²) in [5, 5.41) is 0.866. The molecule has 28 heavy (non-hydrogen) atoms. The zero-order valence-electron chi connectivity index (χ0n) is 16.6. The summed E-state index contributed by atoms with van der Waals surface area (Å²) >= 11 is 0. The lowest BCUT2D eigenvalue weighted by Crippen LogP contribution is -2.08. The van der Waals surface area contributed by atoms with Gasteiger partial charge in [0.2, 0.25) is 0 Å². The smallest absolute Gasteiger partial charge is 0.284 e. The number of furan rings is 1. The number of unbranched alkanes of at least 4 members (excludes halogenated alkanes) is 6. The first kappa shape index (κ1) is 20.0. The standard InChI is InChI=1S/C24H29NO3/c1-2-3-4-5-6-7-8-15-27-21-12-9-18(10-13-21)19-11-14-22-20(16-19)17-23(28-22)24(25)26/h9-14,16-17H,2-8,15H2,1H3,(H2,25,26). The summed E-state index contributed by atoms with van der Waals surface area (Å²) in [6, 6.07) is 15.6. The van der Waals surface area contributed by atoms with Gasteiger partial charge in [-0.05, 0) is 47.9 Å². The van der Waals surface area contributed by atoms with Crippen LogP contribution in [-0.2, 0) is 0 Å². The molecule has 1 amide bonds. The molecule has 4 heteroatoms. The third-order valence-electron chi connectivity index (χ3n) is 4.96. The summed E-state index contributed by atoms with van der Waals surface area (Å²) in [5.74, 6) is 0.525. The van der Waals surface area contributed by atoms with Gasteiger partial charge in [0.1, 0.15) is 11.3 Å². The molecule has 2 aromatic carbocycles. The monoisotopic (exact) mass is 379 g/mol. The van der Waals surface area contributed by atoms with Gasteiger partial charge < -0.3 is 14.9 Å². The van der Waals surface area contributed by atoms with E-state index in [0.717, 1.165) is 35.3 Å². The predicted molar refractivity (Wildman–Crippen MR) is 114 cm³/mol. The van der Waals surface area contributed by atoms with Crippen molar-refractivity contribution in [1.29, 1.82) is 0 Å². The molecule has 0 aliphatic rings.